The van der Waals surface area contributed by atoms with Crippen LogP contribution >= 0.6 is 15.9 Å². The SMILES string of the molecule is CC(=O)N1CCC(CC(=O)Nc2ccc(Br)cn2)CC1. The van der Waals surface area contributed by atoms with Crippen LogP contribution < -0.4 is 5.32 Å². The van der Waals surface area contributed by atoms with Crippen molar-refractivity contribution in [2.24, 2.45) is 5.92 Å². The number of carbonyl (C=O) groups excluding carboxylic acids is 2. The number of piperidine rings is 1. The number of aromatic nitrogens is 1. The molecule has 1 aliphatic rings. The molecule has 5 nitrogen and oxygen atoms in total. The monoisotopic (exact) mass is 339 g/mol. The van der Waals surface area contributed by atoms with Gasteiger partial charge in [-0.05, 0) is 46.8 Å². The minimum absolute atomic E-state index is 0.0129. The van der Waals surface area contributed by atoms with Gasteiger partial charge in [0.15, 0.2) is 0 Å². The standard InChI is InChI=1S/C14H18BrN3O2/c1-10(19)18-6-4-11(5-7-18)8-14(20)17-13-3-2-12(15)9-16-13/h2-3,9,11H,4-8H2,1H3,(H,16,17,20). The number of halogens is 1. The molecule has 0 aliphatic carbocycles. The summed E-state index contributed by atoms with van der Waals surface area (Å²) < 4.78 is 0.882. The molecule has 0 unspecified atom stereocenters. The second-order valence-electron chi connectivity index (χ2n) is 5.06. The van der Waals surface area contributed by atoms with Gasteiger partial charge in [0.2, 0.25) is 11.8 Å². The summed E-state index contributed by atoms with van der Waals surface area (Å²) >= 11 is 3.30. The van der Waals surface area contributed by atoms with Gasteiger partial charge in [-0.3, -0.25) is 9.59 Å². The van der Waals surface area contributed by atoms with Crippen LogP contribution in [0.2, 0.25) is 0 Å². The first-order valence-electron chi connectivity index (χ1n) is 6.71. The molecule has 1 N–H and O–H groups in total. The Balaban J connectivity index is 1.78. The number of rotatable bonds is 3. The lowest BCUT2D eigenvalue weighted by molar-refractivity contribution is -0.130. The molecule has 20 heavy (non-hydrogen) atoms. The van der Waals surface area contributed by atoms with Crippen molar-refractivity contribution in [1.29, 1.82) is 0 Å². The molecule has 1 aromatic rings. The molecular formula is C14H18BrN3O2. The molecule has 6 heteroatoms. The lowest BCUT2D eigenvalue weighted by Crippen LogP contribution is -2.37. The van der Waals surface area contributed by atoms with E-state index < -0.39 is 0 Å². The van der Waals surface area contributed by atoms with Gasteiger partial charge in [-0.25, -0.2) is 4.98 Å². The highest BCUT2D eigenvalue weighted by molar-refractivity contribution is 9.10. The van der Waals surface area contributed by atoms with E-state index in [4.69, 9.17) is 0 Å². The van der Waals surface area contributed by atoms with Gasteiger partial charge in [0.05, 0.1) is 0 Å². The van der Waals surface area contributed by atoms with Crippen LogP contribution in [0.4, 0.5) is 5.82 Å². The molecule has 1 saturated heterocycles. The Hall–Kier alpha value is -1.43. The van der Waals surface area contributed by atoms with Gasteiger partial charge in [0.25, 0.3) is 0 Å². The van der Waals surface area contributed by atoms with Crippen LogP contribution in [0.3, 0.4) is 0 Å². The van der Waals surface area contributed by atoms with Crippen molar-refractivity contribution < 1.29 is 9.59 Å². The molecule has 0 aromatic carbocycles. The Morgan fingerprint density at radius 2 is 2.10 bits per heavy atom. The fourth-order valence-electron chi connectivity index (χ4n) is 2.36. The average Bonchev–Trinajstić information content (AvgIpc) is 2.42. The van der Waals surface area contributed by atoms with Gasteiger partial charge in [0.1, 0.15) is 5.82 Å². The van der Waals surface area contributed by atoms with E-state index in [9.17, 15) is 9.59 Å². The summed E-state index contributed by atoms with van der Waals surface area (Å²) in [5, 5.41) is 2.80. The van der Waals surface area contributed by atoms with E-state index in [1.165, 1.54) is 0 Å². The molecule has 108 valence electrons. The largest absolute Gasteiger partial charge is 0.343 e. The maximum Gasteiger partial charge on any atom is 0.225 e. The molecule has 1 fully saturated rings. The average molecular weight is 340 g/mol. The molecule has 1 aromatic heterocycles. The molecule has 1 aliphatic heterocycles. The smallest absolute Gasteiger partial charge is 0.225 e. The zero-order chi connectivity index (χ0) is 14.5. The second kappa shape index (κ2) is 6.83. The molecule has 0 atom stereocenters. The number of amides is 2. The number of pyridine rings is 1. The van der Waals surface area contributed by atoms with Crippen molar-refractivity contribution in [3.05, 3.63) is 22.8 Å². The fraction of sp³-hybridized carbons (Fsp3) is 0.500. The number of nitrogens with one attached hydrogen (secondary N) is 1. The maximum absolute atomic E-state index is 11.9. The number of anilines is 1. The Morgan fingerprint density at radius 3 is 2.65 bits per heavy atom. The van der Waals surface area contributed by atoms with Crippen LogP contribution in [0.15, 0.2) is 22.8 Å². The van der Waals surface area contributed by atoms with Gasteiger partial charge in [-0.15, -0.1) is 0 Å². The molecule has 2 rings (SSSR count). The van der Waals surface area contributed by atoms with Crippen molar-refractivity contribution >= 4 is 33.6 Å². The lowest BCUT2D eigenvalue weighted by atomic mass is 9.93. The summed E-state index contributed by atoms with van der Waals surface area (Å²) in [6.45, 7) is 3.10. The fourth-order valence-corrected chi connectivity index (χ4v) is 2.59. The van der Waals surface area contributed by atoms with Crippen molar-refractivity contribution in [1.82, 2.24) is 9.88 Å². The molecule has 0 bridgehead atoms. The van der Waals surface area contributed by atoms with E-state index in [0.717, 1.165) is 30.4 Å². The summed E-state index contributed by atoms with van der Waals surface area (Å²) in [4.78, 5) is 29.1. The molecule has 0 saturated carbocycles. The van der Waals surface area contributed by atoms with E-state index in [0.29, 0.717) is 18.2 Å². The number of nitrogens with zero attached hydrogens (tertiary/aromatic N) is 2. The predicted molar refractivity (Wildman–Crippen MR) is 80.2 cm³/mol. The summed E-state index contributed by atoms with van der Waals surface area (Å²) in [7, 11) is 0. The normalized spacial score (nSPS) is 16.0. The number of likely N-dealkylation sites (tertiary alicyclic amines) is 1. The zero-order valence-corrected chi connectivity index (χ0v) is 13.0. The Bertz CT molecular complexity index is 482. The highest BCUT2D eigenvalue weighted by atomic mass is 79.9. The number of carbonyl (C=O) groups is 2. The highest BCUT2D eigenvalue weighted by Gasteiger charge is 2.22. The molecule has 0 spiro atoms. The van der Waals surface area contributed by atoms with Crippen LogP contribution in [0.5, 0.6) is 0 Å². The summed E-state index contributed by atoms with van der Waals surface area (Å²) in [6.07, 6.45) is 3.92. The van der Waals surface area contributed by atoms with Crippen molar-refractivity contribution in [3.8, 4) is 0 Å². The first-order chi connectivity index (χ1) is 9.54. The molecular weight excluding hydrogens is 322 g/mol. The minimum Gasteiger partial charge on any atom is -0.343 e. The van der Waals surface area contributed by atoms with Crippen LogP contribution in [-0.2, 0) is 9.59 Å². The molecule has 0 radical (unpaired) electrons. The Kier molecular flexibility index (Phi) is 5.11. The third kappa shape index (κ3) is 4.30. The first kappa shape index (κ1) is 15.0. The predicted octanol–water partition coefficient (Wildman–Crippen LogP) is 2.43. The lowest BCUT2D eigenvalue weighted by Gasteiger charge is -2.30. The summed E-state index contributed by atoms with van der Waals surface area (Å²) in [6, 6.07) is 3.61. The third-order valence-corrected chi connectivity index (χ3v) is 4.00. The number of hydrogen-bond acceptors (Lipinski definition) is 3. The van der Waals surface area contributed by atoms with Crippen LogP contribution in [0.25, 0.3) is 0 Å². The second-order valence-corrected chi connectivity index (χ2v) is 5.98. The quantitative estimate of drug-likeness (QED) is 0.919. The zero-order valence-electron chi connectivity index (χ0n) is 11.4. The third-order valence-electron chi connectivity index (χ3n) is 3.53. The van der Waals surface area contributed by atoms with Crippen LogP contribution in [0, 0.1) is 5.92 Å². The van der Waals surface area contributed by atoms with E-state index >= 15 is 0 Å². The van der Waals surface area contributed by atoms with E-state index in [-0.39, 0.29) is 11.8 Å². The Labute approximate surface area is 126 Å². The van der Waals surface area contributed by atoms with Gasteiger partial charge >= 0.3 is 0 Å². The van der Waals surface area contributed by atoms with Gasteiger partial charge in [-0.1, -0.05) is 0 Å². The van der Waals surface area contributed by atoms with E-state index in [2.05, 4.69) is 26.2 Å². The van der Waals surface area contributed by atoms with Gasteiger partial charge < -0.3 is 10.2 Å². The first-order valence-corrected chi connectivity index (χ1v) is 7.51. The molecule has 2 heterocycles. The molecule has 2 amide bonds. The van der Waals surface area contributed by atoms with Crippen molar-refractivity contribution in [2.75, 3.05) is 18.4 Å². The summed E-state index contributed by atoms with van der Waals surface area (Å²) in [5.74, 6) is 1.02. The van der Waals surface area contributed by atoms with Gasteiger partial charge in [0, 0.05) is 37.1 Å². The number of hydrogen-bond donors (Lipinski definition) is 1. The van der Waals surface area contributed by atoms with Gasteiger partial charge in [-0.2, -0.15) is 0 Å². The summed E-state index contributed by atoms with van der Waals surface area (Å²) in [5.41, 5.74) is 0. The van der Waals surface area contributed by atoms with Crippen LogP contribution in [-0.4, -0.2) is 34.8 Å². The van der Waals surface area contributed by atoms with Crippen molar-refractivity contribution in [2.45, 2.75) is 26.2 Å². The topological polar surface area (TPSA) is 62.3 Å². The minimum atomic E-state index is -0.0129. The van der Waals surface area contributed by atoms with E-state index in [1.807, 2.05) is 11.0 Å². The highest BCUT2D eigenvalue weighted by Crippen LogP contribution is 2.21. The maximum atomic E-state index is 11.9. The van der Waals surface area contributed by atoms with E-state index in [1.54, 1.807) is 19.2 Å². The van der Waals surface area contributed by atoms with Crippen molar-refractivity contribution in [3.63, 3.8) is 0 Å². The van der Waals surface area contributed by atoms with Crippen LogP contribution in [0.1, 0.15) is 26.2 Å². The Morgan fingerprint density at radius 1 is 1.40 bits per heavy atom.